The Bertz CT molecular complexity index is 447. The van der Waals surface area contributed by atoms with Crippen LogP contribution in [-0.2, 0) is 11.3 Å². The van der Waals surface area contributed by atoms with Gasteiger partial charge in [-0.05, 0) is 44.0 Å². The van der Waals surface area contributed by atoms with Gasteiger partial charge in [-0.2, -0.15) is 0 Å². The summed E-state index contributed by atoms with van der Waals surface area (Å²) in [7, 11) is 0. The first-order chi connectivity index (χ1) is 8.58. The molecule has 1 fully saturated rings. The molecule has 0 bridgehead atoms. The van der Waals surface area contributed by atoms with Gasteiger partial charge in [-0.25, -0.2) is 4.39 Å². The van der Waals surface area contributed by atoms with Gasteiger partial charge in [0.2, 0.25) is 5.91 Å². The van der Waals surface area contributed by atoms with Gasteiger partial charge >= 0.3 is 0 Å². The van der Waals surface area contributed by atoms with Gasteiger partial charge in [-0.3, -0.25) is 4.79 Å². The maximum atomic E-state index is 13.3. The summed E-state index contributed by atoms with van der Waals surface area (Å²) in [5.74, 6) is -0.147. The molecule has 2 unspecified atom stereocenters. The predicted octanol–water partition coefficient (Wildman–Crippen LogP) is 1.75. The maximum absolute atomic E-state index is 13.3. The van der Waals surface area contributed by atoms with Crippen molar-refractivity contribution in [3.63, 3.8) is 0 Å². The summed E-state index contributed by atoms with van der Waals surface area (Å²) in [4.78, 5) is 11.9. The van der Waals surface area contributed by atoms with E-state index in [1.54, 1.807) is 13.0 Å². The van der Waals surface area contributed by atoms with Crippen LogP contribution in [0, 0.1) is 18.7 Å². The molecule has 1 heterocycles. The zero-order valence-corrected chi connectivity index (χ0v) is 10.8. The van der Waals surface area contributed by atoms with E-state index in [4.69, 9.17) is 0 Å². The molecule has 1 aliphatic rings. The first-order valence-corrected chi connectivity index (χ1v) is 6.34. The van der Waals surface area contributed by atoms with Gasteiger partial charge in [-0.1, -0.05) is 12.1 Å². The van der Waals surface area contributed by atoms with E-state index in [1.165, 1.54) is 6.07 Å². The van der Waals surface area contributed by atoms with Gasteiger partial charge in [0, 0.05) is 12.6 Å². The molecule has 3 nitrogen and oxygen atoms in total. The summed E-state index contributed by atoms with van der Waals surface area (Å²) < 4.78 is 13.3. The first-order valence-electron chi connectivity index (χ1n) is 6.34. The highest BCUT2D eigenvalue weighted by Gasteiger charge is 2.28. The third-order valence-electron chi connectivity index (χ3n) is 3.56. The van der Waals surface area contributed by atoms with Gasteiger partial charge in [-0.15, -0.1) is 0 Å². The summed E-state index contributed by atoms with van der Waals surface area (Å²) in [6.45, 7) is 5.02. The molecule has 4 heteroatoms. The predicted molar refractivity (Wildman–Crippen MR) is 68.6 cm³/mol. The Balaban J connectivity index is 1.91. The topological polar surface area (TPSA) is 41.1 Å². The average Bonchev–Trinajstić information content (AvgIpc) is 2.77. The highest BCUT2D eigenvalue weighted by atomic mass is 19.1. The van der Waals surface area contributed by atoms with Crippen LogP contribution in [0.4, 0.5) is 4.39 Å². The molecular weight excluding hydrogens is 231 g/mol. The fraction of sp³-hybridized carbons (Fsp3) is 0.500. The highest BCUT2D eigenvalue weighted by molar-refractivity contribution is 5.79. The third-order valence-corrected chi connectivity index (χ3v) is 3.56. The third kappa shape index (κ3) is 2.88. The second kappa shape index (κ2) is 5.48. The van der Waals surface area contributed by atoms with Crippen LogP contribution in [0.1, 0.15) is 24.5 Å². The molecule has 1 amide bonds. The largest absolute Gasteiger partial charge is 0.352 e. The first kappa shape index (κ1) is 13.0. The van der Waals surface area contributed by atoms with Gasteiger partial charge in [0.05, 0.1) is 5.92 Å². The lowest BCUT2D eigenvalue weighted by Gasteiger charge is -2.15. The van der Waals surface area contributed by atoms with Crippen molar-refractivity contribution < 1.29 is 9.18 Å². The lowest BCUT2D eigenvalue weighted by atomic mass is 10.0. The Morgan fingerprint density at radius 2 is 2.33 bits per heavy atom. The van der Waals surface area contributed by atoms with Gasteiger partial charge < -0.3 is 10.6 Å². The van der Waals surface area contributed by atoms with Crippen LogP contribution in [0.25, 0.3) is 0 Å². The van der Waals surface area contributed by atoms with Gasteiger partial charge in [0.1, 0.15) is 5.82 Å². The Morgan fingerprint density at radius 3 is 2.94 bits per heavy atom. The van der Waals surface area contributed by atoms with Crippen molar-refractivity contribution >= 4 is 5.91 Å². The number of carbonyl (C=O) groups is 1. The summed E-state index contributed by atoms with van der Waals surface area (Å²) >= 11 is 0. The lowest BCUT2D eigenvalue weighted by Crippen LogP contribution is -2.36. The van der Waals surface area contributed by atoms with Crippen molar-refractivity contribution in [2.45, 2.75) is 32.9 Å². The Labute approximate surface area is 107 Å². The van der Waals surface area contributed by atoms with Gasteiger partial charge in [0.15, 0.2) is 0 Å². The zero-order valence-electron chi connectivity index (χ0n) is 10.8. The molecule has 2 rings (SSSR count). The van der Waals surface area contributed by atoms with Crippen LogP contribution in [-0.4, -0.2) is 18.5 Å². The zero-order chi connectivity index (χ0) is 13.1. The molecule has 1 saturated heterocycles. The SMILES string of the molecule is Cc1ccc(CNC(=O)C2CCNC2C)cc1F. The number of halogens is 1. The molecule has 2 N–H and O–H groups in total. The number of benzene rings is 1. The van der Waals surface area contributed by atoms with E-state index in [0.29, 0.717) is 12.1 Å². The lowest BCUT2D eigenvalue weighted by molar-refractivity contribution is -0.125. The van der Waals surface area contributed by atoms with E-state index < -0.39 is 0 Å². The molecule has 1 aromatic carbocycles. The van der Waals surface area contributed by atoms with E-state index in [1.807, 2.05) is 13.0 Å². The maximum Gasteiger partial charge on any atom is 0.224 e. The van der Waals surface area contributed by atoms with Crippen molar-refractivity contribution in [3.05, 3.63) is 35.1 Å². The van der Waals surface area contributed by atoms with Crippen molar-refractivity contribution in [1.29, 1.82) is 0 Å². The van der Waals surface area contributed by atoms with Crippen LogP contribution in [0.15, 0.2) is 18.2 Å². The fourth-order valence-corrected chi connectivity index (χ4v) is 2.28. The second-order valence-electron chi connectivity index (χ2n) is 4.94. The van der Waals surface area contributed by atoms with Crippen LogP contribution in [0.2, 0.25) is 0 Å². The second-order valence-corrected chi connectivity index (χ2v) is 4.94. The Hall–Kier alpha value is -1.42. The van der Waals surface area contributed by atoms with Crippen molar-refractivity contribution in [3.8, 4) is 0 Å². The van der Waals surface area contributed by atoms with Crippen molar-refractivity contribution in [2.75, 3.05) is 6.54 Å². The summed E-state index contributed by atoms with van der Waals surface area (Å²) in [5.41, 5.74) is 1.42. The number of aryl methyl sites for hydroxylation is 1. The van der Waals surface area contributed by atoms with E-state index in [0.717, 1.165) is 18.5 Å². The molecule has 1 aromatic rings. The number of hydrogen-bond donors (Lipinski definition) is 2. The highest BCUT2D eigenvalue weighted by Crippen LogP contribution is 2.15. The Kier molecular flexibility index (Phi) is 3.97. The Morgan fingerprint density at radius 1 is 1.56 bits per heavy atom. The van der Waals surface area contributed by atoms with Gasteiger partial charge in [0.25, 0.3) is 0 Å². The number of hydrogen-bond acceptors (Lipinski definition) is 2. The molecule has 0 spiro atoms. The summed E-state index contributed by atoms with van der Waals surface area (Å²) in [5, 5.41) is 6.12. The van der Waals surface area contributed by atoms with Crippen LogP contribution >= 0.6 is 0 Å². The van der Waals surface area contributed by atoms with Crippen LogP contribution < -0.4 is 10.6 Å². The molecule has 1 aliphatic heterocycles. The molecule has 0 saturated carbocycles. The number of rotatable bonds is 3. The molecule has 0 aromatic heterocycles. The minimum atomic E-state index is -0.224. The quantitative estimate of drug-likeness (QED) is 0.858. The molecule has 0 aliphatic carbocycles. The normalized spacial score (nSPS) is 23.1. The fourth-order valence-electron chi connectivity index (χ4n) is 2.28. The summed E-state index contributed by atoms with van der Waals surface area (Å²) in [6, 6.07) is 5.28. The number of amides is 1. The minimum Gasteiger partial charge on any atom is -0.352 e. The average molecular weight is 250 g/mol. The molecule has 98 valence electrons. The molecular formula is C14H19FN2O. The number of carbonyl (C=O) groups excluding carboxylic acids is 1. The van der Waals surface area contributed by atoms with Crippen molar-refractivity contribution in [2.24, 2.45) is 5.92 Å². The van der Waals surface area contributed by atoms with E-state index in [2.05, 4.69) is 10.6 Å². The number of nitrogens with one attached hydrogen (secondary N) is 2. The molecule has 0 radical (unpaired) electrons. The van der Waals surface area contributed by atoms with E-state index in [9.17, 15) is 9.18 Å². The van der Waals surface area contributed by atoms with Crippen molar-refractivity contribution in [1.82, 2.24) is 10.6 Å². The smallest absolute Gasteiger partial charge is 0.224 e. The van der Waals surface area contributed by atoms with E-state index in [-0.39, 0.29) is 23.7 Å². The minimum absolute atomic E-state index is 0.0281. The van der Waals surface area contributed by atoms with E-state index >= 15 is 0 Å². The van der Waals surface area contributed by atoms with Crippen LogP contribution in [0.5, 0.6) is 0 Å². The summed E-state index contributed by atoms with van der Waals surface area (Å²) in [6.07, 6.45) is 0.870. The monoisotopic (exact) mass is 250 g/mol. The standard InChI is InChI=1S/C14H19FN2O/c1-9-3-4-11(7-13(9)15)8-17-14(18)12-5-6-16-10(12)2/h3-4,7,10,12,16H,5-6,8H2,1-2H3,(H,17,18). The van der Waals surface area contributed by atoms with Crippen LogP contribution in [0.3, 0.4) is 0 Å². The molecule has 2 atom stereocenters. The molecule has 18 heavy (non-hydrogen) atoms.